The number of nitrogens with zero attached hydrogens (tertiary/aromatic N) is 2. The molecule has 0 spiro atoms. The summed E-state index contributed by atoms with van der Waals surface area (Å²) in [5, 5.41) is 13.0. The Morgan fingerprint density at radius 2 is 2.18 bits per heavy atom. The van der Waals surface area contributed by atoms with Crippen LogP contribution in [0.2, 0.25) is 0 Å². The molecule has 1 rings (SSSR count). The largest absolute Gasteiger partial charge is 0.389 e. The SMILES string of the molecule is CCNc1ncccc1CN(C)CC(C)(C)O. The van der Waals surface area contributed by atoms with Crippen molar-refractivity contribution >= 4 is 5.82 Å². The fourth-order valence-corrected chi connectivity index (χ4v) is 1.90. The third-order valence-electron chi connectivity index (χ3n) is 2.33. The van der Waals surface area contributed by atoms with Gasteiger partial charge in [-0.25, -0.2) is 4.98 Å². The fourth-order valence-electron chi connectivity index (χ4n) is 1.90. The molecule has 0 unspecified atom stereocenters. The quantitative estimate of drug-likeness (QED) is 0.791. The average Bonchev–Trinajstić information content (AvgIpc) is 2.18. The molecule has 96 valence electrons. The van der Waals surface area contributed by atoms with Crippen LogP contribution in [0.5, 0.6) is 0 Å². The van der Waals surface area contributed by atoms with Gasteiger partial charge in [-0.2, -0.15) is 0 Å². The van der Waals surface area contributed by atoms with Gasteiger partial charge in [0, 0.05) is 31.4 Å². The van der Waals surface area contributed by atoms with Gasteiger partial charge in [0.25, 0.3) is 0 Å². The molecule has 4 heteroatoms. The van der Waals surface area contributed by atoms with Crippen molar-refractivity contribution in [1.82, 2.24) is 9.88 Å². The highest BCUT2D eigenvalue weighted by molar-refractivity contribution is 5.43. The zero-order chi connectivity index (χ0) is 12.9. The molecule has 17 heavy (non-hydrogen) atoms. The van der Waals surface area contributed by atoms with Crippen LogP contribution in [0.1, 0.15) is 26.3 Å². The molecule has 2 N–H and O–H groups in total. The molecule has 0 bridgehead atoms. The van der Waals surface area contributed by atoms with Crippen molar-refractivity contribution in [2.75, 3.05) is 25.5 Å². The van der Waals surface area contributed by atoms with Crippen LogP contribution in [0, 0.1) is 0 Å². The minimum absolute atomic E-state index is 0.632. The summed E-state index contributed by atoms with van der Waals surface area (Å²) < 4.78 is 0. The van der Waals surface area contributed by atoms with Crippen molar-refractivity contribution in [2.24, 2.45) is 0 Å². The minimum atomic E-state index is -0.671. The van der Waals surface area contributed by atoms with Gasteiger partial charge in [0.15, 0.2) is 0 Å². The van der Waals surface area contributed by atoms with Crippen molar-refractivity contribution in [3.63, 3.8) is 0 Å². The van der Waals surface area contributed by atoms with Crippen LogP contribution < -0.4 is 5.32 Å². The molecule has 0 aliphatic carbocycles. The first kappa shape index (κ1) is 13.9. The van der Waals surface area contributed by atoms with Crippen molar-refractivity contribution < 1.29 is 5.11 Å². The van der Waals surface area contributed by atoms with Gasteiger partial charge in [0.1, 0.15) is 5.82 Å². The van der Waals surface area contributed by atoms with E-state index < -0.39 is 5.60 Å². The maximum atomic E-state index is 9.77. The molecule has 0 amide bonds. The molecule has 0 atom stereocenters. The third-order valence-corrected chi connectivity index (χ3v) is 2.33. The number of anilines is 1. The Morgan fingerprint density at radius 3 is 2.76 bits per heavy atom. The second-order valence-electron chi connectivity index (χ2n) is 5.03. The van der Waals surface area contributed by atoms with Crippen LogP contribution in [-0.4, -0.2) is 40.7 Å². The van der Waals surface area contributed by atoms with E-state index in [0.717, 1.165) is 24.5 Å². The van der Waals surface area contributed by atoms with Crippen LogP contribution >= 0.6 is 0 Å². The van der Waals surface area contributed by atoms with E-state index in [1.807, 2.05) is 27.0 Å². The topological polar surface area (TPSA) is 48.4 Å². The monoisotopic (exact) mass is 237 g/mol. The number of hydrogen-bond acceptors (Lipinski definition) is 4. The Morgan fingerprint density at radius 1 is 1.47 bits per heavy atom. The number of pyridine rings is 1. The van der Waals surface area contributed by atoms with Gasteiger partial charge in [-0.05, 0) is 33.9 Å². The number of aromatic nitrogens is 1. The number of hydrogen-bond donors (Lipinski definition) is 2. The lowest BCUT2D eigenvalue weighted by molar-refractivity contribution is 0.0425. The molecule has 1 aromatic heterocycles. The van der Waals surface area contributed by atoms with E-state index in [4.69, 9.17) is 0 Å². The highest BCUT2D eigenvalue weighted by atomic mass is 16.3. The first-order valence-electron chi connectivity index (χ1n) is 6.01. The highest BCUT2D eigenvalue weighted by Gasteiger charge is 2.16. The maximum Gasteiger partial charge on any atom is 0.130 e. The predicted octanol–water partition coefficient (Wildman–Crippen LogP) is 1.72. The molecule has 0 aliphatic heterocycles. The van der Waals surface area contributed by atoms with Crippen LogP contribution in [0.3, 0.4) is 0 Å². The Bertz CT molecular complexity index is 347. The van der Waals surface area contributed by atoms with E-state index >= 15 is 0 Å². The van der Waals surface area contributed by atoms with E-state index in [-0.39, 0.29) is 0 Å². The Kier molecular flexibility index (Phi) is 4.90. The van der Waals surface area contributed by atoms with Crippen molar-refractivity contribution in [3.8, 4) is 0 Å². The van der Waals surface area contributed by atoms with E-state index in [9.17, 15) is 5.11 Å². The zero-order valence-electron chi connectivity index (χ0n) is 11.2. The summed E-state index contributed by atoms with van der Waals surface area (Å²) in [6.07, 6.45) is 1.79. The van der Waals surface area contributed by atoms with Crippen LogP contribution in [-0.2, 0) is 6.54 Å². The van der Waals surface area contributed by atoms with E-state index in [0.29, 0.717) is 6.54 Å². The fraction of sp³-hybridized carbons (Fsp3) is 0.615. The van der Waals surface area contributed by atoms with Crippen LogP contribution in [0.15, 0.2) is 18.3 Å². The first-order chi connectivity index (χ1) is 7.92. The third kappa shape index (κ3) is 5.15. The average molecular weight is 237 g/mol. The standard InChI is InChI=1S/C13H23N3O/c1-5-14-12-11(7-6-8-15-12)9-16(4)10-13(2,3)17/h6-8,17H,5,9-10H2,1-4H3,(H,14,15). The van der Waals surface area contributed by atoms with Gasteiger partial charge >= 0.3 is 0 Å². The summed E-state index contributed by atoms with van der Waals surface area (Å²) in [6, 6.07) is 4.00. The second-order valence-corrected chi connectivity index (χ2v) is 5.03. The molecule has 4 nitrogen and oxygen atoms in total. The Balaban J connectivity index is 2.67. The summed E-state index contributed by atoms with van der Waals surface area (Å²) in [6.45, 7) is 7.96. The number of rotatable bonds is 6. The van der Waals surface area contributed by atoms with Crippen molar-refractivity contribution in [3.05, 3.63) is 23.9 Å². The van der Waals surface area contributed by atoms with Gasteiger partial charge in [-0.3, -0.25) is 4.90 Å². The second kappa shape index (κ2) is 5.98. The highest BCUT2D eigenvalue weighted by Crippen LogP contribution is 2.14. The lowest BCUT2D eigenvalue weighted by Crippen LogP contribution is -2.36. The van der Waals surface area contributed by atoms with Gasteiger partial charge in [0.05, 0.1) is 5.60 Å². The van der Waals surface area contributed by atoms with E-state index in [1.54, 1.807) is 6.20 Å². The van der Waals surface area contributed by atoms with E-state index in [1.165, 1.54) is 0 Å². The first-order valence-corrected chi connectivity index (χ1v) is 6.01. The lowest BCUT2D eigenvalue weighted by atomic mass is 10.1. The minimum Gasteiger partial charge on any atom is -0.389 e. The van der Waals surface area contributed by atoms with E-state index in [2.05, 4.69) is 28.2 Å². The lowest BCUT2D eigenvalue weighted by Gasteiger charge is -2.26. The van der Waals surface area contributed by atoms with Crippen molar-refractivity contribution in [2.45, 2.75) is 32.9 Å². The predicted molar refractivity (Wildman–Crippen MR) is 71.0 cm³/mol. The summed E-state index contributed by atoms with van der Waals surface area (Å²) in [7, 11) is 2.00. The number of aliphatic hydroxyl groups is 1. The van der Waals surface area contributed by atoms with Crippen LogP contribution in [0.25, 0.3) is 0 Å². The molecular formula is C13H23N3O. The number of likely N-dealkylation sites (N-methyl/N-ethyl adjacent to an activating group) is 1. The molecule has 1 aromatic rings. The summed E-state index contributed by atoms with van der Waals surface area (Å²) >= 11 is 0. The molecule has 0 fully saturated rings. The molecule has 0 aliphatic rings. The molecular weight excluding hydrogens is 214 g/mol. The molecule has 0 radical (unpaired) electrons. The zero-order valence-corrected chi connectivity index (χ0v) is 11.2. The molecule has 0 saturated heterocycles. The van der Waals surface area contributed by atoms with Gasteiger partial charge in [0.2, 0.25) is 0 Å². The molecule has 1 heterocycles. The Hall–Kier alpha value is -1.13. The van der Waals surface area contributed by atoms with Gasteiger partial charge in [-0.15, -0.1) is 0 Å². The van der Waals surface area contributed by atoms with Gasteiger partial charge < -0.3 is 10.4 Å². The summed E-state index contributed by atoms with van der Waals surface area (Å²) in [4.78, 5) is 6.41. The molecule has 0 saturated carbocycles. The smallest absolute Gasteiger partial charge is 0.130 e. The summed E-state index contributed by atoms with van der Waals surface area (Å²) in [5.74, 6) is 0.928. The Labute approximate surface area is 104 Å². The van der Waals surface area contributed by atoms with Crippen LogP contribution in [0.4, 0.5) is 5.82 Å². The van der Waals surface area contributed by atoms with Gasteiger partial charge in [-0.1, -0.05) is 6.07 Å². The summed E-state index contributed by atoms with van der Waals surface area (Å²) in [5.41, 5.74) is 0.482. The maximum absolute atomic E-state index is 9.77. The normalized spacial score (nSPS) is 11.9. The molecule has 0 aromatic carbocycles. The number of nitrogens with one attached hydrogen (secondary N) is 1. The van der Waals surface area contributed by atoms with Crippen molar-refractivity contribution in [1.29, 1.82) is 0 Å².